The molecule has 1 amide bonds. The van der Waals surface area contributed by atoms with Gasteiger partial charge in [0.15, 0.2) is 17.3 Å². The largest absolute Gasteiger partial charge is 0.496 e. The molecule has 0 atom stereocenters. The maximum absolute atomic E-state index is 12.4. The molecule has 28 heavy (non-hydrogen) atoms. The number of benzene rings is 2. The summed E-state index contributed by atoms with van der Waals surface area (Å²) in [6.45, 7) is 1.55. The van der Waals surface area contributed by atoms with Gasteiger partial charge in [0.1, 0.15) is 19.0 Å². The van der Waals surface area contributed by atoms with Gasteiger partial charge in [-0.2, -0.15) is 0 Å². The quantitative estimate of drug-likeness (QED) is 0.656. The third-order valence-electron chi connectivity index (χ3n) is 4.76. The van der Waals surface area contributed by atoms with Crippen LogP contribution in [0.4, 0.5) is 0 Å². The van der Waals surface area contributed by atoms with E-state index in [1.54, 1.807) is 37.3 Å². The molecule has 3 rings (SSSR count). The minimum atomic E-state index is -0.0801. The van der Waals surface area contributed by atoms with Gasteiger partial charge in [0, 0.05) is 32.0 Å². The molecule has 0 fully saturated rings. The second-order valence-electron chi connectivity index (χ2n) is 6.66. The van der Waals surface area contributed by atoms with Gasteiger partial charge in [-0.1, -0.05) is 18.2 Å². The van der Waals surface area contributed by atoms with Gasteiger partial charge in [0.05, 0.1) is 7.11 Å². The van der Waals surface area contributed by atoms with Crippen LogP contribution in [0.15, 0.2) is 42.5 Å². The number of methoxy groups -OCH3 is 1. The Morgan fingerprint density at radius 3 is 2.57 bits per heavy atom. The van der Waals surface area contributed by atoms with Gasteiger partial charge in [-0.25, -0.2) is 0 Å². The zero-order chi connectivity index (χ0) is 19.9. The molecular weight excluding hydrogens is 358 g/mol. The van der Waals surface area contributed by atoms with Crippen LogP contribution in [0.25, 0.3) is 0 Å². The third-order valence-corrected chi connectivity index (χ3v) is 4.76. The zero-order valence-electron chi connectivity index (χ0n) is 16.3. The average Bonchev–Trinajstić information content (AvgIpc) is 2.75. The molecule has 0 N–H and O–H groups in total. The van der Waals surface area contributed by atoms with Crippen LogP contribution in [0.1, 0.15) is 28.8 Å². The molecule has 0 spiro atoms. The van der Waals surface area contributed by atoms with Crippen molar-refractivity contribution in [3.05, 3.63) is 53.6 Å². The molecule has 0 unspecified atom stereocenters. The highest BCUT2D eigenvalue weighted by molar-refractivity contribution is 5.98. The van der Waals surface area contributed by atoms with E-state index in [2.05, 4.69) is 0 Å². The van der Waals surface area contributed by atoms with Gasteiger partial charge in [-0.3, -0.25) is 9.59 Å². The van der Waals surface area contributed by atoms with Crippen LogP contribution in [0, 0.1) is 0 Å². The first-order chi connectivity index (χ1) is 13.6. The Hall–Kier alpha value is -3.02. The lowest BCUT2D eigenvalue weighted by atomic mass is 10.1. The Bertz CT molecular complexity index is 849. The highest BCUT2D eigenvalue weighted by Gasteiger charge is 2.17. The Balaban J connectivity index is 1.49. The summed E-state index contributed by atoms with van der Waals surface area (Å²) in [6.07, 6.45) is 1.04. The lowest BCUT2D eigenvalue weighted by Crippen LogP contribution is -2.29. The van der Waals surface area contributed by atoms with Gasteiger partial charge >= 0.3 is 0 Å². The van der Waals surface area contributed by atoms with Crippen molar-refractivity contribution in [2.75, 3.05) is 33.9 Å². The van der Waals surface area contributed by atoms with Crippen molar-refractivity contribution in [1.29, 1.82) is 0 Å². The number of hydrogen-bond donors (Lipinski definition) is 0. The number of fused-ring (bicyclic) bond motifs is 1. The normalized spacial score (nSPS) is 12.4. The van der Waals surface area contributed by atoms with Crippen LogP contribution >= 0.6 is 0 Å². The fourth-order valence-corrected chi connectivity index (χ4v) is 3.09. The second kappa shape index (κ2) is 9.26. The number of ketones is 1. The molecule has 0 radical (unpaired) electrons. The Labute approximate surface area is 165 Å². The van der Waals surface area contributed by atoms with E-state index in [1.165, 1.54) is 0 Å². The number of Topliss-reactive ketones (excluding diaryl/α,β-unsaturated/α-hetero) is 1. The maximum atomic E-state index is 12.4. The topological polar surface area (TPSA) is 65.1 Å². The molecule has 2 aromatic carbocycles. The Morgan fingerprint density at radius 2 is 1.79 bits per heavy atom. The standard InChI is InChI=1S/C22H25NO5/c1-23(12-11-16-5-3-4-6-19(16)26-2)22(25)10-8-18(24)17-7-9-20-21(15-17)28-14-13-27-20/h3-7,9,15H,8,10-14H2,1-2H3. The molecule has 0 bridgehead atoms. The molecule has 0 saturated heterocycles. The minimum absolute atomic E-state index is 0.0548. The number of ether oxygens (including phenoxy) is 3. The van der Waals surface area contributed by atoms with Crippen LogP contribution in [-0.4, -0.2) is 50.5 Å². The molecule has 6 nitrogen and oxygen atoms in total. The average molecular weight is 383 g/mol. The number of carbonyl (C=O) groups excluding carboxylic acids is 2. The predicted molar refractivity (Wildman–Crippen MR) is 105 cm³/mol. The van der Waals surface area contributed by atoms with Crippen molar-refractivity contribution in [2.24, 2.45) is 0 Å². The predicted octanol–water partition coefficient (Wildman–Crippen LogP) is 3.13. The van der Waals surface area contributed by atoms with Gasteiger partial charge in [-0.05, 0) is 36.2 Å². The van der Waals surface area contributed by atoms with Gasteiger partial charge in [-0.15, -0.1) is 0 Å². The lowest BCUT2D eigenvalue weighted by Gasteiger charge is -2.19. The van der Waals surface area contributed by atoms with E-state index >= 15 is 0 Å². The summed E-state index contributed by atoms with van der Waals surface area (Å²) in [7, 11) is 3.39. The molecule has 1 heterocycles. The fourth-order valence-electron chi connectivity index (χ4n) is 3.09. The number of rotatable bonds is 8. The summed E-state index contributed by atoms with van der Waals surface area (Å²) in [5, 5.41) is 0. The van der Waals surface area contributed by atoms with Crippen molar-refractivity contribution in [3.8, 4) is 17.2 Å². The van der Waals surface area contributed by atoms with Crippen LogP contribution < -0.4 is 14.2 Å². The van der Waals surface area contributed by atoms with Crippen molar-refractivity contribution >= 4 is 11.7 Å². The van der Waals surface area contributed by atoms with Crippen LogP contribution in [0.3, 0.4) is 0 Å². The summed E-state index contributed by atoms with van der Waals surface area (Å²) in [5.41, 5.74) is 1.59. The molecule has 6 heteroatoms. The summed E-state index contributed by atoms with van der Waals surface area (Å²) in [4.78, 5) is 26.5. The zero-order valence-corrected chi connectivity index (χ0v) is 16.3. The lowest BCUT2D eigenvalue weighted by molar-refractivity contribution is -0.129. The number of hydrogen-bond acceptors (Lipinski definition) is 5. The summed E-state index contributed by atoms with van der Waals surface area (Å²) < 4.78 is 16.3. The smallest absolute Gasteiger partial charge is 0.222 e. The molecule has 2 aromatic rings. The first-order valence-electron chi connectivity index (χ1n) is 9.37. The highest BCUT2D eigenvalue weighted by Crippen LogP contribution is 2.31. The molecule has 1 aliphatic heterocycles. The minimum Gasteiger partial charge on any atom is -0.496 e. The maximum Gasteiger partial charge on any atom is 0.222 e. The van der Waals surface area contributed by atoms with Crippen molar-refractivity contribution in [3.63, 3.8) is 0 Å². The second-order valence-corrected chi connectivity index (χ2v) is 6.66. The van der Waals surface area contributed by atoms with Crippen LogP contribution in [0.5, 0.6) is 17.2 Å². The van der Waals surface area contributed by atoms with Crippen molar-refractivity contribution in [2.45, 2.75) is 19.3 Å². The van der Waals surface area contributed by atoms with E-state index in [9.17, 15) is 9.59 Å². The number of amides is 1. The van der Waals surface area contributed by atoms with E-state index < -0.39 is 0 Å². The number of para-hydroxylation sites is 1. The van der Waals surface area contributed by atoms with E-state index in [0.29, 0.717) is 43.2 Å². The summed E-state index contributed by atoms with van der Waals surface area (Å²) >= 11 is 0. The molecule has 148 valence electrons. The van der Waals surface area contributed by atoms with Crippen molar-refractivity contribution in [1.82, 2.24) is 4.90 Å². The van der Waals surface area contributed by atoms with Crippen LogP contribution in [0.2, 0.25) is 0 Å². The van der Waals surface area contributed by atoms with E-state index in [1.807, 2.05) is 24.3 Å². The van der Waals surface area contributed by atoms with Gasteiger partial charge < -0.3 is 19.1 Å². The summed E-state index contributed by atoms with van der Waals surface area (Å²) in [6, 6.07) is 12.9. The Kier molecular flexibility index (Phi) is 6.53. The van der Waals surface area contributed by atoms with Gasteiger partial charge in [0.2, 0.25) is 5.91 Å². The first-order valence-corrected chi connectivity index (χ1v) is 9.37. The van der Waals surface area contributed by atoms with Crippen molar-refractivity contribution < 1.29 is 23.8 Å². The molecule has 0 saturated carbocycles. The third kappa shape index (κ3) is 4.82. The molecule has 0 aromatic heterocycles. The number of nitrogens with zero attached hydrogens (tertiary/aromatic N) is 1. The molecule has 1 aliphatic rings. The highest BCUT2D eigenvalue weighted by atomic mass is 16.6. The molecular formula is C22H25NO5. The SMILES string of the molecule is COc1ccccc1CCN(C)C(=O)CCC(=O)c1ccc2c(c1)OCCO2. The van der Waals surface area contributed by atoms with Gasteiger partial charge in [0.25, 0.3) is 0 Å². The van der Waals surface area contributed by atoms with Crippen LogP contribution in [-0.2, 0) is 11.2 Å². The summed E-state index contributed by atoms with van der Waals surface area (Å²) in [5.74, 6) is 1.91. The monoisotopic (exact) mass is 383 g/mol. The van der Waals surface area contributed by atoms with E-state index in [0.717, 1.165) is 11.3 Å². The number of carbonyl (C=O) groups is 2. The van der Waals surface area contributed by atoms with E-state index in [-0.39, 0.29) is 24.5 Å². The Morgan fingerprint density at radius 1 is 1.04 bits per heavy atom. The first kappa shape index (κ1) is 19.7. The molecule has 0 aliphatic carbocycles. The van der Waals surface area contributed by atoms with E-state index in [4.69, 9.17) is 14.2 Å². The number of likely N-dealkylation sites (N-methyl/N-ethyl adjacent to an activating group) is 1. The fraction of sp³-hybridized carbons (Fsp3) is 0.364.